The van der Waals surface area contributed by atoms with Gasteiger partial charge >= 0.3 is 0 Å². The van der Waals surface area contributed by atoms with Gasteiger partial charge in [0.2, 0.25) is 5.95 Å². The first-order valence-electron chi connectivity index (χ1n) is 8.48. The lowest BCUT2D eigenvalue weighted by molar-refractivity contribution is 0.740. The molecule has 0 saturated heterocycles. The Morgan fingerprint density at radius 2 is 2.00 bits per heavy atom. The third-order valence-corrected chi connectivity index (χ3v) is 4.74. The fraction of sp³-hybridized carbons (Fsp3) is 0.222. The number of fused-ring (bicyclic) bond motifs is 1. The minimum atomic E-state index is -0.121. The van der Waals surface area contributed by atoms with Gasteiger partial charge in [-0.15, -0.1) is 5.10 Å². The van der Waals surface area contributed by atoms with E-state index in [2.05, 4.69) is 37.6 Å². The molecule has 1 fully saturated rings. The van der Waals surface area contributed by atoms with E-state index >= 15 is 0 Å². The second-order valence-electron chi connectivity index (χ2n) is 6.74. The van der Waals surface area contributed by atoms with Gasteiger partial charge in [-0.3, -0.25) is 9.67 Å². The highest BCUT2D eigenvalue weighted by molar-refractivity contribution is 5.73. The highest BCUT2D eigenvalue weighted by atomic mass is 15.4. The van der Waals surface area contributed by atoms with E-state index in [1.807, 2.05) is 25.4 Å². The van der Waals surface area contributed by atoms with Crippen molar-refractivity contribution in [3.8, 4) is 11.3 Å². The van der Waals surface area contributed by atoms with Crippen molar-refractivity contribution in [3.63, 3.8) is 0 Å². The van der Waals surface area contributed by atoms with Crippen molar-refractivity contribution < 1.29 is 0 Å². The van der Waals surface area contributed by atoms with Crippen LogP contribution in [0.15, 0.2) is 49.1 Å². The Morgan fingerprint density at radius 1 is 1.19 bits per heavy atom. The first kappa shape index (κ1) is 15.0. The molecule has 0 bridgehead atoms. The summed E-state index contributed by atoms with van der Waals surface area (Å²) in [5, 5.41) is 11.9. The predicted octanol–water partition coefficient (Wildman–Crippen LogP) is 2.22. The van der Waals surface area contributed by atoms with E-state index in [4.69, 9.17) is 5.73 Å². The Labute approximate surface area is 149 Å². The summed E-state index contributed by atoms with van der Waals surface area (Å²) in [5.41, 5.74) is 10.5. The SMILES string of the molecule is Cn1cc(-c2nccn3nc(Nc4ccc(C5(N)CC5)cc4)nc23)cn1. The van der Waals surface area contributed by atoms with Crippen molar-refractivity contribution >= 4 is 17.3 Å². The van der Waals surface area contributed by atoms with Crippen molar-refractivity contribution in [2.75, 3.05) is 5.32 Å². The van der Waals surface area contributed by atoms with E-state index in [1.165, 1.54) is 5.56 Å². The molecule has 0 spiro atoms. The molecule has 1 aliphatic rings. The smallest absolute Gasteiger partial charge is 0.247 e. The van der Waals surface area contributed by atoms with Crippen molar-refractivity contribution in [2.24, 2.45) is 12.8 Å². The summed E-state index contributed by atoms with van der Waals surface area (Å²) in [6.07, 6.45) is 9.27. The average Bonchev–Trinajstić information content (AvgIpc) is 3.04. The van der Waals surface area contributed by atoms with Crippen LogP contribution in [0.1, 0.15) is 18.4 Å². The lowest BCUT2D eigenvalue weighted by atomic mass is 10.1. The van der Waals surface area contributed by atoms with Crippen LogP contribution >= 0.6 is 0 Å². The second kappa shape index (κ2) is 5.37. The zero-order valence-electron chi connectivity index (χ0n) is 14.3. The molecular weight excluding hydrogens is 328 g/mol. The van der Waals surface area contributed by atoms with Crippen LogP contribution < -0.4 is 11.1 Å². The van der Waals surface area contributed by atoms with Crippen LogP contribution in [-0.2, 0) is 12.6 Å². The number of nitrogens with zero attached hydrogens (tertiary/aromatic N) is 6. The fourth-order valence-corrected chi connectivity index (χ4v) is 3.06. The number of nitrogens with one attached hydrogen (secondary N) is 1. The Morgan fingerprint density at radius 3 is 2.69 bits per heavy atom. The number of hydrogen-bond donors (Lipinski definition) is 2. The van der Waals surface area contributed by atoms with Crippen molar-refractivity contribution in [1.29, 1.82) is 0 Å². The van der Waals surface area contributed by atoms with Crippen molar-refractivity contribution in [2.45, 2.75) is 18.4 Å². The molecule has 4 aromatic rings. The molecule has 0 atom stereocenters. The van der Waals surface area contributed by atoms with Gasteiger partial charge in [-0.05, 0) is 30.5 Å². The van der Waals surface area contributed by atoms with Gasteiger partial charge in [-0.25, -0.2) is 4.52 Å². The summed E-state index contributed by atoms with van der Waals surface area (Å²) in [6, 6.07) is 8.14. The van der Waals surface area contributed by atoms with Crippen LogP contribution in [0, 0.1) is 0 Å². The predicted molar refractivity (Wildman–Crippen MR) is 97.8 cm³/mol. The van der Waals surface area contributed by atoms with E-state index in [0.717, 1.165) is 29.8 Å². The quantitative estimate of drug-likeness (QED) is 0.588. The normalized spacial score (nSPS) is 15.3. The third-order valence-electron chi connectivity index (χ3n) is 4.74. The number of hydrogen-bond acceptors (Lipinski definition) is 6. The van der Waals surface area contributed by atoms with E-state index in [0.29, 0.717) is 11.6 Å². The number of aryl methyl sites for hydroxylation is 1. The van der Waals surface area contributed by atoms with Gasteiger partial charge in [0.25, 0.3) is 0 Å². The number of aromatic nitrogens is 6. The van der Waals surface area contributed by atoms with E-state index in [9.17, 15) is 0 Å². The molecule has 3 aromatic heterocycles. The highest BCUT2D eigenvalue weighted by Gasteiger charge is 2.39. The molecule has 0 aliphatic heterocycles. The maximum atomic E-state index is 6.23. The molecule has 3 heterocycles. The monoisotopic (exact) mass is 346 g/mol. The minimum Gasteiger partial charge on any atom is -0.323 e. The molecule has 1 aliphatic carbocycles. The van der Waals surface area contributed by atoms with Crippen LogP contribution in [0.25, 0.3) is 16.9 Å². The molecule has 26 heavy (non-hydrogen) atoms. The van der Waals surface area contributed by atoms with Crippen LogP contribution in [0.3, 0.4) is 0 Å². The molecule has 8 heteroatoms. The van der Waals surface area contributed by atoms with Crippen molar-refractivity contribution in [3.05, 3.63) is 54.6 Å². The second-order valence-corrected chi connectivity index (χ2v) is 6.74. The molecule has 8 nitrogen and oxygen atoms in total. The third kappa shape index (κ3) is 2.51. The number of benzene rings is 1. The van der Waals surface area contributed by atoms with Gasteiger partial charge in [0, 0.05) is 42.4 Å². The van der Waals surface area contributed by atoms with Gasteiger partial charge in [0.05, 0.1) is 6.20 Å². The molecule has 3 N–H and O–H groups in total. The largest absolute Gasteiger partial charge is 0.323 e. The topological polar surface area (TPSA) is 99.0 Å². The van der Waals surface area contributed by atoms with Gasteiger partial charge < -0.3 is 11.1 Å². The number of rotatable bonds is 4. The molecular formula is C18H18N8. The Bertz CT molecular complexity index is 1090. The van der Waals surface area contributed by atoms with Gasteiger partial charge in [0.15, 0.2) is 5.65 Å². The molecule has 5 rings (SSSR count). The van der Waals surface area contributed by atoms with Crippen LogP contribution in [0.5, 0.6) is 0 Å². The van der Waals surface area contributed by atoms with Gasteiger partial charge in [-0.1, -0.05) is 12.1 Å². The summed E-state index contributed by atoms with van der Waals surface area (Å²) in [6.45, 7) is 0. The van der Waals surface area contributed by atoms with Crippen molar-refractivity contribution in [1.82, 2.24) is 29.4 Å². The summed E-state index contributed by atoms with van der Waals surface area (Å²) < 4.78 is 3.45. The molecule has 1 saturated carbocycles. The molecule has 0 radical (unpaired) electrons. The highest BCUT2D eigenvalue weighted by Crippen LogP contribution is 2.42. The van der Waals surface area contributed by atoms with Gasteiger partial charge in [-0.2, -0.15) is 10.1 Å². The fourth-order valence-electron chi connectivity index (χ4n) is 3.06. The molecule has 0 unspecified atom stereocenters. The number of nitrogens with two attached hydrogens (primary N) is 1. The Balaban J connectivity index is 1.46. The molecule has 1 aromatic carbocycles. The van der Waals surface area contributed by atoms with Gasteiger partial charge in [0.1, 0.15) is 5.69 Å². The Hall–Kier alpha value is -3.26. The van der Waals surface area contributed by atoms with E-state index in [-0.39, 0.29) is 5.54 Å². The average molecular weight is 346 g/mol. The zero-order valence-corrected chi connectivity index (χ0v) is 14.3. The first-order valence-corrected chi connectivity index (χ1v) is 8.48. The standard InChI is InChI=1S/C18H18N8/c1-25-11-12(10-21-25)15-16-23-17(24-26(16)9-8-20-15)22-14-4-2-13(3-5-14)18(19)6-7-18/h2-5,8-11H,6-7,19H2,1H3,(H,22,24). The van der Waals surface area contributed by atoms with E-state index < -0.39 is 0 Å². The lowest BCUT2D eigenvalue weighted by Crippen LogP contribution is -2.18. The number of anilines is 2. The zero-order chi connectivity index (χ0) is 17.7. The first-order chi connectivity index (χ1) is 12.6. The summed E-state index contributed by atoms with van der Waals surface area (Å²) in [5.74, 6) is 0.518. The molecule has 0 amide bonds. The maximum Gasteiger partial charge on any atom is 0.247 e. The molecule has 130 valence electrons. The minimum absolute atomic E-state index is 0.121. The van der Waals surface area contributed by atoms with Crippen LogP contribution in [0.2, 0.25) is 0 Å². The Kier molecular flexibility index (Phi) is 3.10. The van der Waals surface area contributed by atoms with E-state index in [1.54, 1.807) is 27.8 Å². The maximum absolute atomic E-state index is 6.23. The summed E-state index contributed by atoms with van der Waals surface area (Å²) in [7, 11) is 1.87. The lowest BCUT2D eigenvalue weighted by Gasteiger charge is -2.09. The summed E-state index contributed by atoms with van der Waals surface area (Å²) in [4.78, 5) is 9.03. The van der Waals surface area contributed by atoms with Crippen LogP contribution in [-0.4, -0.2) is 29.4 Å². The van der Waals surface area contributed by atoms with Crippen LogP contribution in [0.4, 0.5) is 11.6 Å². The summed E-state index contributed by atoms with van der Waals surface area (Å²) >= 11 is 0.